The van der Waals surface area contributed by atoms with Crippen molar-refractivity contribution >= 4 is 11.9 Å². The molecule has 86 valence electrons. The van der Waals surface area contributed by atoms with Crippen molar-refractivity contribution < 1.29 is 27.9 Å². The number of nitrogens with one attached hydrogen (secondary N) is 1. The SMILES string of the molecule is O=C1CN(CC(F)(F)F)C(C(=O)O)CN1. The number of carboxylic acids is 1. The lowest BCUT2D eigenvalue weighted by Crippen LogP contribution is -2.59. The van der Waals surface area contributed by atoms with Crippen molar-refractivity contribution in [1.82, 2.24) is 10.2 Å². The second-order valence-electron chi connectivity index (χ2n) is 3.18. The molecule has 1 rings (SSSR count). The Bertz CT molecular complexity index is 279. The predicted molar refractivity (Wildman–Crippen MR) is 42.1 cm³/mol. The normalized spacial score (nSPS) is 23.7. The quantitative estimate of drug-likeness (QED) is 0.661. The molecular weight excluding hydrogens is 217 g/mol. The fraction of sp³-hybridized carbons (Fsp3) is 0.714. The van der Waals surface area contributed by atoms with Gasteiger partial charge in [-0.25, -0.2) is 0 Å². The van der Waals surface area contributed by atoms with E-state index < -0.39 is 37.2 Å². The molecule has 0 radical (unpaired) electrons. The van der Waals surface area contributed by atoms with Gasteiger partial charge in [0.15, 0.2) is 0 Å². The molecule has 1 unspecified atom stereocenters. The Kier molecular flexibility index (Phi) is 3.18. The topological polar surface area (TPSA) is 69.6 Å². The van der Waals surface area contributed by atoms with E-state index in [1.807, 2.05) is 0 Å². The lowest BCUT2D eigenvalue weighted by molar-refractivity contribution is -0.165. The molecule has 1 atom stereocenters. The Morgan fingerprint density at radius 1 is 1.60 bits per heavy atom. The van der Waals surface area contributed by atoms with Crippen LogP contribution < -0.4 is 5.32 Å². The van der Waals surface area contributed by atoms with E-state index in [0.29, 0.717) is 4.90 Å². The van der Waals surface area contributed by atoms with Gasteiger partial charge >= 0.3 is 12.1 Å². The Morgan fingerprint density at radius 2 is 2.20 bits per heavy atom. The molecule has 0 bridgehead atoms. The summed E-state index contributed by atoms with van der Waals surface area (Å²) in [4.78, 5) is 22.0. The molecule has 1 heterocycles. The lowest BCUT2D eigenvalue weighted by atomic mass is 10.2. The van der Waals surface area contributed by atoms with Gasteiger partial charge in [-0.2, -0.15) is 13.2 Å². The molecule has 1 saturated heterocycles. The van der Waals surface area contributed by atoms with E-state index in [-0.39, 0.29) is 6.54 Å². The minimum atomic E-state index is -4.51. The van der Waals surface area contributed by atoms with Crippen LogP contribution in [0.5, 0.6) is 0 Å². The van der Waals surface area contributed by atoms with E-state index in [1.54, 1.807) is 0 Å². The molecular formula is C7H9F3N2O3. The maximum Gasteiger partial charge on any atom is 0.401 e. The first kappa shape index (κ1) is 11.8. The van der Waals surface area contributed by atoms with Crippen molar-refractivity contribution in [2.75, 3.05) is 19.6 Å². The van der Waals surface area contributed by atoms with Gasteiger partial charge < -0.3 is 10.4 Å². The molecule has 0 aromatic rings. The third-order valence-electron chi connectivity index (χ3n) is 1.95. The number of carboxylic acid groups (broad SMARTS) is 1. The van der Waals surface area contributed by atoms with Gasteiger partial charge in [-0.15, -0.1) is 0 Å². The van der Waals surface area contributed by atoms with Crippen LogP contribution in [0.3, 0.4) is 0 Å². The minimum Gasteiger partial charge on any atom is -0.480 e. The maximum absolute atomic E-state index is 12.0. The molecule has 2 N–H and O–H groups in total. The highest BCUT2D eigenvalue weighted by Crippen LogP contribution is 2.18. The standard InChI is InChI=1S/C7H9F3N2O3/c8-7(9,10)3-12-2-5(13)11-1-4(12)6(14)15/h4H,1-3H2,(H,11,13)(H,14,15). The molecule has 1 aliphatic heterocycles. The van der Waals surface area contributed by atoms with E-state index in [2.05, 4.69) is 5.32 Å². The van der Waals surface area contributed by atoms with Crippen LogP contribution in [-0.4, -0.2) is 53.7 Å². The van der Waals surface area contributed by atoms with Crippen molar-refractivity contribution in [3.05, 3.63) is 0 Å². The number of rotatable bonds is 2. The second-order valence-corrected chi connectivity index (χ2v) is 3.18. The number of hydrogen-bond donors (Lipinski definition) is 2. The van der Waals surface area contributed by atoms with Gasteiger partial charge in [0.25, 0.3) is 0 Å². The third-order valence-corrected chi connectivity index (χ3v) is 1.95. The first-order chi connectivity index (χ1) is 6.79. The molecule has 0 aromatic carbocycles. The first-order valence-corrected chi connectivity index (χ1v) is 4.10. The third kappa shape index (κ3) is 3.39. The average Bonchev–Trinajstić information content (AvgIpc) is 1.99. The Morgan fingerprint density at radius 3 is 2.67 bits per heavy atom. The molecule has 1 fully saturated rings. The Hall–Kier alpha value is -1.31. The first-order valence-electron chi connectivity index (χ1n) is 4.10. The van der Waals surface area contributed by atoms with Crippen LogP contribution in [0.25, 0.3) is 0 Å². The van der Waals surface area contributed by atoms with Gasteiger partial charge in [-0.1, -0.05) is 0 Å². The number of hydrogen-bond acceptors (Lipinski definition) is 3. The van der Waals surface area contributed by atoms with E-state index in [4.69, 9.17) is 5.11 Å². The number of piperazine rings is 1. The highest BCUT2D eigenvalue weighted by atomic mass is 19.4. The summed E-state index contributed by atoms with van der Waals surface area (Å²) in [5, 5.41) is 10.8. The van der Waals surface area contributed by atoms with Crippen LogP contribution in [0.4, 0.5) is 13.2 Å². The van der Waals surface area contributed by atoms with Gasteiger partial charge in [-0.05, 0) is 0 Å². The van der Waals surface area contributed by atoms with Crippen molar-refractivity contribution in [2.24, 2.45) is 0 Å². The van der Waals surface area contributed by atoms with Crippen molar-refractivity contribution in [3.63, 3.8) is 0 Å². The van der Waals surface area contributed by atoms with Crippen molar-refractivity contribution in [2.45, 2.75) is 12.2 Å². The van der Waals surface area contributed by atoms with Gasteiger partial charge in [0.2, 0.25) is 5.91 Å². The van der Waals surface area contributed by atoms with Gasteiger partial charge in [0.05, 0.1) is 13.1 Å². The smallest absolute Gasteiger partial charge is 0.401 e. The van der Waals surface area contributed by atoms with E-state index in [9.17, 15) is 22.8 Å². The minimum absolute atomic E-state index is 0.301. The molecule has 1 amide bonds. The summed E-state index contributed by atoms with van der Waals surface area (Å²) in [5.74, 6) is -1.98. The van der Waals surface area contributed by atoms with Crippen molar-refractivity contribution in [1.29, 1.82) is 0 Å². The van der Waals surface area contributed by atoms with E-state index in [0.717, 1.165) is 0 Å². The summed E-state index contributed by atoms with van der Waals surface area (Å²) in [6.07, 6.45) is -4.51. The Balaban J connectivity index is 2.70. The van der Waals surface area contributed by atoms with Crippen LogP contribution in [-0.2, 0) is 9.59 Å². The largest absolute Gasteiger partial charge is 0.480 e. The van der Waals surface area contributed by atoms with Gasteiger partial charge in [-0.3, -0.25) is 14.5 Å². The second kappa shape index (κ2) is 4.05. The lowest BCUT2D eigenvalue weighted by Gasteiger charge is -2.32. The van der Waals surface area contributed by atoms with E-state index >= 15 is 0 Å². The fourth-order valence-electron chi connectivity index (χ4n) is 1.33. The van der Waals surface area contributed by atoms with Crippen LogP contribution in [0, 0.1) is 0 Å². The van der Waals surface area contributed by atoms with E-state index in [1.165, 1.54) is 0 Å². The number of amides is 1. The van der Waals surface area contributed by atoms with Crippen molar-refractivity contribution in [3.8, 4) is 0 Å². The summed E-state index contributed by atoms with van der Waals surface area (Å²) in [5.41, 5.74) is 0. The average molecular weight is 226 g/mol. The number of carbonyl (C=O) groups is 2. The molecule has 0 spiro atoms. The van der Waals surface area contributed by atoms with Crippen LogP contribution in [0.15, 0.2) is 0 Å². The summed E-state index contributed by atoms with van der Waals surface area (Å²) in [6, 6.07) is -1.32. The number of halogens is 3. The number of aliphatic carboxylic acids is 1. The highest BCUT2D eigenvalue weighted by Gasteiger charge is 2.39. The van der Waals surface area contributed by atoms with Gasteiger partial charge in [0, 0.05) is 6.54 Å². The summed E-state index contributed by atoms with van der Waals surface area (Å²) >= 11 is 0. The molecule has 1 aliphatic rings. The van der Waals surface area contributed by atoms with Crippen LogP contribution >= 0.6 is 0 Å². The molecule has 8 heteroatoms. The zero-order valence-electron chi connectivity index (χ0n) is 7.54. The van der Waals surface area contributed by atoms with Crippen LogP contribution in [0.2, 0.25) is 0 Å². The van der Waals surface area contributed by atoms with Crippen LogP contribution in [0.1, 0.15) is 0 Å². The number of nitrogens with zero attached hydrogens (tertiary/aromatic N) is 1. The maximum atomic E-state index is 12.0. The molecule has 5 nitrogen and oxygen atoms in total. The molecule has 15 heavy (non-hydrogen) atoms. The number of carbonyl (C=O) groups excluding carboxylic acids is 1. The number of alkyl halides is 3. The fourth-order valence-corrected chi connectivity index (χ4v) is 1.33. The summed E-state index contributed by atoms with van der Waals surface area (Å²) in [7, 11) is 0. The summed E-state index contributed by atoms with van der Waals surface area (Å²) < 4.78 is 36.1. The monoisotopic (exact) mass is 226 g/mol. The molecule has 0 saturated carbocycles. The molecule has 0 aliphatic carbocycles. The predicted octanol–water partition coefficient (Wildman–Crippen LogP) is -0.566. The highest BCUT2D eigenvalue weighted by molar-refractivity contribution is 5.83. The zero-order chi connectivity index (χ0) is 11.6. The molecule has 0 aromatic heterocycles. The van der Waals surface area contributed by atoms with Gasteiger partial charge in [0.1, 0.15) is 6.04 Å². The summed E-state index contributed by atoms with van der Waals surface area (Å²) in [6.45, 7) is -2.24. The Labute approximate surface area is 82.8 Å². The zero-order valence-corrected chi connectivity index (χ0v) is 7.54.